The van der Waals surface area contributed by atoms with E-state index in [9.17, 15) is 0 Å². The van der Waals surface area contributed by atoms with E-state index in [1.165, 1.54) is 28.3 Å². The first kappa shape index (κ1) is 33.1. The van der Waals surface area contributed by atoms with Crippen molar-refractivity contribution in [1.82, 2.24) is 30.1 Å². The summed E-state index contributed by atoms with van der Waals surface area (Å²) < 4.78 is 15.7. The Labute approximate surface area is 290 Å². The molecule has 11 rings (SSSR count). The number of pyridine rings is 1. The fraction of sp³-hybridized carbons (Fsp3) is 0. The molecule has 246 valence electrons. The lowest BCUT2D eigenvalue weighted by Crippen LogP contribution is -1.70. The van der Waals surface area contributed by atoms with Crippen LogP contribution in [0.1, 0.15) is 0 Å². The molecule has 0 atom stereocenters. The summed E-state index contributed by atoms with van der Waals surface area (Å²) in [7, 11) is 0. The van der Waals surface area contributed by atoms with Crippen LogP contribution < -0.4 is 0 Å². The highest BCUT2D eigenvalue weighted by Gasteiger charge is 1.92. The van der Waals surface area contributed by atoms with Crippen molar-refractivity contribution in [3.8, 4) is 0 Å². The van der Waals surface area contributed by atoms with Gasteiger partial charge in [0.25, 0.3) is 0 Å². The molecular formula is C40H32N6O3S. The van der Waals surface area contributed by atoms with E-state index in [1.54, 1.807) is 30.1 Å². The van der Waals surface area contributed by atoms with E-state index >= 15 is 0 Å². The predicted molar refractivity (Wildman–Crippen MR) is 201 cm³/mol. The van der Waals surface area contributed by atoms with Crippen LogP contribution in [-0.2, 0) is 0 Å². The third kappa shape index (κ3) is 9.63. The molecule has 4 aromatic carbocycles. The van der Waals surface area contributed by atoms with Gasteiger partial charge in [0, 0.05) is 40.3 Å². The Morgan fingerprint density at radius 3 is 1.82 bits per heavy atom. The highest BCUT2D eigenvalue weighted by atomic mass is 32.1. The van der Waals surface area contributed by atoms with Crippen molar-refractivity contribution in [2.45, 2.75) is 0 Å². The van der Waals surface area contributed by atoms with E-state index < -0.39 is 0 Å². The number of H-pyrrole nitrogens is 2. The lowest BCUT2D eigenvalue weighted by Gasteiger charge is -1.83. The first-order valence-electron chi connectivity index (χ1n) is 15.6. The topological polar surface area (TPSA) is 123 Å². The largest absolute Gasteiger partial charge is 0.464 e. The molecule has 9 nitrogen and oxygen atoms in total. The normalized spacial score (nSPS) is 10.0. The molecule has 50 heavy (non-hydrogen) atoms. The Morgan fingerprint density at radius 2 is 1.18 bits per heavy atom. The van der Waals surface area contributed by atoms with Gasteiger partial charge in [-0.25, -0.2) is 15.0 Å². The van der Waals surface area contributed by atoms with Gasteiger partial charge in [0.15, 0.2) is 6.33 Å². The number of para-hydroxylation sites is 4. The maximum atomic E-state index is 5.12. The van der Waals surface area contributed by atoms with Crippen molar-refractivity contribution in [3.05, 3.63) is 183 Å². The lowest BCUT2D eigenvalue weighted by atomic mass is 10.3. The van der Waals surface area contributed by atoms with Gasteiger partial charge in [-0.05, 0) is 72.1 Å². The molecular weight excluding hydrogens is 645 g/mol. The Morgan fingerprint density at radius 1 is 0.540 bits per heavy atom. The summed E-state index contributed by atoms with van der Waals surface area (Å²) in [4.78, 5) is 17.8. The third-order valence-corrected chi connectivity index (χ3v) is 7.84. The van der Waals surface area contributed by atoms with Gasteiger partial charge in [-0.3, -0.25) is 0 Å². The molecule has 0 aliphatic heterocycles. The number of fused-ring (bicyclic) bond motifs is 5. The molecule has 0 amide bonds. The van der Waals surface area contributed by atoms with Crippen molar-refractivity contribution in [3.63, 3.8) is 0 Å². The second-order valence-electron chi connectivity index (χ2n) is 10.3. The van der Waals surface area contributed by atoms with Crippen LogP contribution in [0.5, 0.6) is 0 Å². The number of aromatic amines is 2. The van der Waals surface area contributed by atoms with Crippen LogP contribution in [0.25, 0.3) is 54.1 Å². The van der Waals surface area contributed by atoms with Crippen molar-refractivity contribution < 1.29 is 13.4 Å². The first-order chi connectivity index (χ1) is 24.8. The summed E-state index contributed by atoms with van der Waals surface area (Å²) in [6, 6.07) is 44.2. The Kier molecular flexibility index (Phi) is 11.9. The fourth-order valence-electron chi connectivity index (χ4n) is 4.63. The molecule has 0 saturated carbocycles. The van der Waals surface area contributed by atoms with Gasteiger partial charge in [-0.2, -0.15) is 0 Å². The molecule has 0 aliphatic rings. The number of hydrogen-bond donors (Lipinski definition) is 2. The van der Waals surface area contributed by atoms with E-state index in [0.717, 1.165) is 38.5 Å². The van der Waals surface area contributed by atoms with Crippen molar-refractivity contribution >= 4 is 65.4 Å². The standard InChI is InChI=1S/C8H7N.2C8H6O.C7H6N2.C7H5NS.C2H2N2O/c3*1-2-4-8-7(3-1)5-6-9-8;1-2-6-3-5-9-7(6)8-4-1;1-2-4-7-6(3-1)8-5-9-7;1-3-2-5-4-1/h1-6,9H;2*1-6H;1-5H,(H,8,9);1-5H;1-2H. The highest BCUT2D eigenvalue weighted by molar-refractivity contribution is 7.16. The van der Waals surface area contributed by atoms with Crippen molar-refractivity contribution in [2.24, 2.45) is 0 Å². The quantitative estimate of drug-likeness (QED) is 0.164. The SMILES string of the molecule is c1ccc2[nH]ccc2c1.c1ccc2occc2c1.c1ccc2occc2c1.c1ccc2scnc2c1.c1cnc2[nH]ccc2c1.c1ncon1. The minimum atomic E-state index is 0.956. The maximum Gasteiger partial charge on any atom is 0.213 e. The van der Waals surface area contributed by atoms with E-state index in [-0.39, 0.29) is 0 Å². The van der Waals surface area contributed by atoms with Gasteiger partial charge in [0.05, 0.1) is 28.3 Å². The van der Waals surface area contributed by atoms with Crippen LogP contribution in [0.2, 0.25) is 0 Å². The average molecular weight is 677 g/mol. The monoisotopic (exact) mass is 676 g/mol. The number of benzene rings is 4. The van der Waals surface area contributed by atoms with Gasteiger partial charge in [0.2, 0.25) is 6.39 Å². The number of nitrogens with one attached hydrogen (secondary N) is 2. The number of furan rings is 2. The lowest BCUT2D eigenvalue weighted by molar-refractivity contribution is 0.416. The zero-order chi connectivity index (χ0) is 34.1. The van der Waals surface area contributed by atoms with Crippen LogP contribution in [0.15, 0.2) is 196 Å². The predicted octanol–water partition coefficient (Wildman–Crippen LogP) is 11.0. The molecule has 0 saturated heterocycles. The molecule has 0 bridgehead atoms. The summed E-state index contributed by atoms with van der Waals surface area (Å²) in [6.45, 7) is 0. The Balaban J connectivity index is 0.000000105. The minimum absolute atomic E-state index is 0.956. The number of hydrogen-bond acceptors (Lipinski definition) is 8. The summed E-state index contributed by atoms with van der Waals surface area (Å²) in [5.41, 5.74) is 7.04. The smallest absolute Gasteiger partial charge is 0.213 e. The van der Waals surface area contributed by atoms with Gasteiger partial charge in [-0.1, -0.05) is 71.9 Å². The Bertz CT molecular complexity index is 1990. The zero-order valence-corrected chi connectivity index (χ0v) is 27.6. The van der Waals surface area contributed by atoms with E-state index in [4.69, 9.17) is 8.83 Å². The van der Waals surface area contributed by atoms with Crippen LogP contribution >= 0.6 is 11.3 Å². The minimum Gasteiger partial charge on any atom is -0.464 e. The summed E-state index contributed by atoms with van der Waals surface area (Å²) in [6.07, 6.45) is 11.6. The summed E-state index contributed by atoms with van der Waals surface area (Å²) in [5, 5.41) is 8.00. The maximum absolute atomic E-state index is 5.12. The van der Waals surface area contributed by atoms with E-state index in [1.807, 2.05) is 127 Å². The third-order valence-electron chi connectivity index (χ3n) is 7.03. The van der Waals surface area contributed by atoms with Crippen LogP contribution in [-0.4, -0.2) is 30.1 Å². The highest BCUT2D eigenvalue weighted by Crippen LogP contribution is 2.16. The van der Waals surface area contributed by atoms with Crippen LogP contribution in [0.3, 0.4) is 0 Å². The van der Waals surface area contributed by atoms with Crippen LogP contribution in [0.4, 0.5) is 0 Å². The zero-order valence-electron chi connectivity index (χ0n) is 26.7. The number of aromatic nitrogens is 6. The molecule has 0 spiro atoms. The summed E-state index contributed by atoms with van der Waals surface area (Å²) in [5.74, 6) is 0. The summed E-state index contributed by atoms with van der Waals surface area (Å²) >= 11 is 1.68. The molecule has 10 heteroatoms. The van der Waals surface area contributed by atoms with Gasteiger partial charge in [-0.15, -0.1) is 11.3 Å². The van der Waals surface area contributed by atoms with E-state index in [0.29, 0.717) is 0 Å². The number of nitrogens with zero attached hydrogens (tertiary/aromatic N) is 4. The molecule has 11 aromatic rings. The molecule has 0 radical (unpaired) electrons. The average Bonchev–Trinajstić information content (AvgIpc) is 4.03. The molecule has 0 aliphatic carbocycles. The van der Waals surface area contributed by atoms with Gasteiger partial charge >= 0.3 is 0 Å². The second-order valence-corrected chi connectivity index (χ2v) is 11.2. The number of thiazole rings is 1. The van der Waals surface area contributed by atoms with Crippen molar-refractivity contribution in [1.29, 1.82) is 0 Å². The molecule has 7 aromatic heterocycles. The Hall–Kier alpha value is -6.78. The molecule has 0 fully saturated rings. The number of rotatable bonds is 0. The van der Waals surface area contributed by atoms with E-state index in [2.05, 4.69) is 58.9 Å². The van der Waals surface area contributed by atoms with Gasteiger partial charge < -0.3 is 23.3 Å². The first-order valence-corrected chi connectivity index (χ1v) is 16.4. The molecule has 7 heterocycles. The van der Waals surface area contributed by atoms with Crippen LogP contribution in [0, 0.1) is 0 Å². The fourth-order valence-corrected chi connectivity index (χ4v) is 5.31. The second kappa shape index (κ2) is 17.9. The molecule has 0 unspecified atom stereocenters. The molecule has 2 N–H and O–H groups in total. The van der Waals surface area contributed by atoms with Gasteiger partial charge in [0.1, 0.15) is 16.8 Å². The van der Waals surface area contributed by atoms with Crippen molar-refractivity contribution in [2.75, 3.05) is 0 Å².